The minimum atomic E-state index is -0.568. The number of halogens is 1. The van der Waals surface area contributed by atoms with Crippen LogP contribution in [0.15, 0.2) is 39.5 Å². The van der Waals surface area contributed by atoms with Crippen LogP contribution in [0.2, 0.25) is 5.02 Å². The van der Waals surface area contributed by atoms with Crippen molar-refractivity contribution >= 4 is 28.6 Å². The van der Waals surface area contributed by atoms with E-state index in [1.807, 2.05) is 19.1 Å². The lowest BCUT2D eigenvalue weighted by Gasteiger charge is -2.28. The number of aromatic nitrogens is 2. The number of carbonyl (C=O) groups is 1. The van der Waals surface area contributed by atoms with E-state index in [0.717, 1.165) is 11.3 Å². The molecule has 0 N–H and O–H groups in total. The van der Waals surface area contributed by atoms with Crippen molar-refractivity contribution in [1.29, 1.82) is 0 Å². The number of oxazole rings is 1. The van der Waals surface area contributed by atoms with Crippen molar-refractivity contribution in [1.82, 2.24) is 14.5 Å². The molecular weight excluding hydrogens is 370 g/mol. The van der Waals surface area contributed by atoms with Crippen molar-refractivity contribution in [2.75, 3.05) is 13.2 Å². The van der Waals surface area contributed by atoms with Crippen molar-refractivity contribution in [3.8, 4) is 5.88 Å². The first-order chi connectivity index (χ1) is 13.0. The zero-order valence-electron chi connectivity index (χ0n) is 14.8. The second kappa shape index (κ2) is 7.08. The number of hydrogen-bond acceptors (Lipinski definition) is 5. The summed E-state index contributed by atoms with van der Waals surface area (Å²) >= 11 is 5.93. The molecule has 0 bridgehead atoms. The molecule has 0 aliphatic carbocycles. The Balaban J connectivity index is 1.53. The van der Waals surface area contributed by atoms with Gasteiger partial charge in [-0.1, -0.05) is 17.7 Å². The Labute approximate surface area is 160 Å². The average Bonchev–Trinajstić information content (AvgIpc) is 2.96. The number of rotatable bonds is 4. The fourth-order valence-corrected chi connectivity index (χ4v) is 3.42. The number of ether oxygens (including phenoxy) is 1. The fraction of sp³-hybridized carbons (Fsp3) is 0.316. The molecule has 3 aromatic rings. The predicted octanol–water partition coefficient (Wildman–Crippen LogP) is 2.63. The minimum Gasteiger partial charge on any atom is -0.478 e. The molecular formula is C19H18ClN3O4. The average molecular weight is 388 g/mol. The van der Waals surface area contributed by atoms with Crippen molar-refractivity contribution in [2.45, 2.75) is 26.4 Å². The molecule has 4 rings (SSSR count). The van der Waals surface area contributed by atoms with Crippen LogP contribution in [0, 0.1) is 0 Å². The van der Waals surface area contributed by atoms with Crippen LogP contribution in [-0.2, 0) is 24.3 Å². The Bertz CT molecular complexity index is 1070. The van der Waals surface area contributed by atoms with Gasteiger partial charge in [-0.3, -0.25) is 9.36 Å². The van der Waals surface area contributed by atoms with Crippen LogP contribution in [0.4, 0.5) is 0 Å². The molecule has 0 fully saturated rings. The van der Waals surface area contributed by atoms with Gasteiger partial charge in [-0.05, 0) is 24.6 Å². The lowest BCUT2D eigenvalue weighted by atomic mass is 10.1. The van der Waals surface area contributed by atoms with Crippen LogP contribution in [0.25, 0.3) is 11.1 Å². The molecule has 1 aliphatic rings. The summed E-state index contributed by atoms with van der Waals surface area (Å²) in [4.78, 5) is 31.1. The lowest BCUT2D eigenvalue weighted by Crippen LogP contribution is -2.39. The summed E-state index contributed by atoms with van der Waals surface area (Å²) in [5, 5.41) is 0.473. The highest BCUT2D eigenvalue weighted by Crippen LogP contribution is 2.22. The molecule has 0 atom stereocenters. The molecule has 0 saturated heterocycles. The summed E-state index contributed by atoms with van der Waals surface area (Å²) in [5.41, 5.74) is 2.87. The van der Waals surface area contributed by atoms with Gasteiger partial charge in [-0.2, -0.15) is 0 Å². The molecule has 1 aliphatic heterocycles. The maximum absolute atomic E-state index is 12.8. The van der Waals surface area contributed by atoms with Crippen LogP contribution in [0.5, 0.6) is 5.88 Å². The van der Waals surface area contributed by atoms with Gasteiger partial charge in [0.05, 0.1) is 17.8 Å². The highest BCUT2D eigenvalue weighted by Gasteiger charge is 2.23. The molecule has 140 valence electrons. The van der Waals surface area contributed by atoms with E-state index in [1.165, 1.54) is 4.57 Å². The van der Waals surface area contributed by atoms with Gasteiger partial charge < -0.3 is 14.1 Å². The molecule has 0 saturated carbocycles. The number of amides is 1. The van der Waals surface area contributed by atoms with E-state index in [0.29, 0.717) is 48.1 Å². The van der Waals surface area contributed by atoms with E-state index in [2.05, 4.69) is 4.98 Å². The second-order valence-corrected chi connectivity index (χ2v) is 6.76. The first kappa shape index (κ1) is 17.6. The zero-order valence-corrected chi connectivity index (χ0v) is 15.5. The van der Waals surface area contributed by atoms with Gasteiger partial charge in [0.25, 0.3) is 0 Å². The van der Waals surface area contributed by atoms with Crippen LogP contribution < -0.4 is 10.5 Å². The topological polar surface area (TPSA) is 77.6 Å². The van der Waals surface area contributed by atoms with E-state index >= 15 is 0 Å². The fourth-order valence-electron chi connectivity index (χ4n) is 3.26. The first-order valence-electron chi connectivity index (χ1n) is 8.73. The number of carbonyl (C=O) groups excluding carboxylic acids is 1. The van der Waals surface area contributed by atoms with Gasteiger partial charge in [0.1, 0.15) is 6.54 Å². The number of hydrogen-bond donors (Lipinski definition) is 0. The first-order valence-corrected chi connectivity index (χ1v) is 9.11. The minimum absolute atomic E-state index is 0.0761. The van der Waals surface area contributed by atoms with Gasteiger partial charge in [-0.25, -0.2) is 9.78 Å². The summed E-state index contributed by atoms with van der Waals surface area (Å²) < 4.78 is 12.0. The molecule has 0 radical (unpaired) electrons. The molecule has 1 aromatic carbocycles. The van der Waals surface area contributed by atoms with Crippen LogP contribution >= 0.6 is 11.6 Å². The van der Waals surface area contributed by atoms with E-state index in [-0.39, 0.29) is 12.5 Å². The van der Waals surface area contributed by atoms with Gasteiger partial charge in [0.2, 0.25) is 11.8 Å². The molecule has 3 heterocycles. The van der Waals surface area contributed by atoms with Crippen LogP contribution in [-0.4, -0.2) is 33.5 Å². The molecule has 0 spiro atoms. The Morgan fingerprint density at radius 3 is 3.00 bits per heavy atom. The van der Waals surface area contributed by atoms with Gasteiger partial charge in [-0.15, -0.1) is 0 Å². The maximum Gasteiger partial charge on any atom is 0.420 e. The Morgan fingerprint density at radius 1 is 1.33 bits per heavy atom. The summed E-state index contributed by atoms with van der Waals surface area (Å²) in [7, 11) is 0. The number of pyridine rings is 1. The summed E-state index contributed by atoms with van der Waals surface area (Å²) in [6.07, 6.45) is 0.651. The Hall–Kier alpha value is -2.80. The maximum atomic E-state index is 12.8. The Morgan fingerprint density at radius 2 is 2.19 bits per heavy atom. The highest BCUT2D eigenvalue weighted by atomic mass is 35.5. The number of fused-ring (bicyclic) bond motifs is 2. The van der Waals surface area contributed by atoms with E-state index in [9.17, 15) is 9.59 Å². The third-order valence-corrected chi connectivity index (χ3v) is 4.83. The van der Waals surface area contributed by atoms with Gasteiger partial charge in [0.15, 0.2) is 5.58 Å². The molecule has 1 amide bonds. The van der Waals surface area contributed by atoms with Crippen molar-refractivity contribution in [2.24, 2.45) is 0 Å². The van der Waals surface area contributed by atoms with Crippen molar-refractivity contribution in [3.63, 3.8) is 0 Å². The molecule has 0 unspecified atom stereocenters. The number of nitrogens with zero attached hydrogens (tertiary/aromatic N) is 3. The zero-order chi connectivity index (χ0) is 19.0. The molecule has 2 aromatic heterocycles. The van der Waals surface area contributed by atoms with E-state index in [4.69, 9.17) is 20.8 Å². The second-order valence-electron chi connectivity index (χ2n) is 6.32. The quantitative estimate of drug-likeness (QED) is 0.687. The third kappa shape index (κ3) is 3.42. The lowest BCUT2D eigenvalue weighted by molar-refractivity contribution is -0.132. The summed E-state index contributed by atoms with van der Waals surface area (Å²) in [5.74, 6) is -0.110. The predicted molar refractivity (Wildman–Crippen MR) is 100 cm³/mol. The monoisotopic (exact) mass is 387 g/mol. The van der Waals surface area contributed by atoms with E-state index < -0.39 is 5.76 Å². The summed E-state index contributed by atoms with van der Waals surface area (Å²) in [6.45, 7) is 3.41. The third-order valence-electron chi connectivity index (χ3n) is 4.59. The number of benzene rings is 1. The molecule has 27 heavy (non-hydrogen) atoms. The van der Waals surface area contributed by atoms with Crippen molar-refractivity contribution in [3.05, 3.63) is 57.2 Å². The highest BCUT2D eigenvalue weighted by molar-refractivity contribution is 6.31. The SMILES string of the molecule is CCOc1ccc2c(n1)CCN(C(=O)Cn1c(=O)oc3cc(Cl)ccc31)C2. The van der Waals surface area contributed by atoms with Crippen LogP contribution in [0.3, 0.4) is 0 Å². The Kier molecular flexibility index (Phi) is 4.61. The molecule has 7 nitrogen and oxygen atoms in total. The van der Waals surface area contributed by atoms with Gasteiger partial charge in [0, 0.05) is 36.7 Å². The molecule has 8 heteroatoms. The van der Waals surface area contributed by atoms with Crippen molar-refractivity contribution < 1.29 is 13.9 Å². The van der Waals surface area contributed by atoms with E-state index in [1.54, 1.807) is 23.1 Å². The summed E-state index contributed by atoms with van der Waals surface area (Å²) in [6, 6.07) is 8.67. The largest absolute Gasteiger partial charge is 0.478 e. The van der Waals surface area contributed by atoms with Crippen LogP contribution in [0.1, 0.15) is 18.2 Å². The van der Waals surface area contributed by atoms with Gasteiger partial charge >= 0.3 is 5.76 Å². The standard InChI is InChI=1S/C19H18ClN3O4/c1-2-26-17-6-3-12-10-22(8-7-14(12)21-17)18(24)11-23-15-5-4-13(20)9-16(15)27-19(23)25/h3-6,9H,2,7-8,10-11H2,1H3. The normalized spacial score (nSPS) is 13.6. The smallest absolute Gasteiger partial charge is 0.420 e.